The molecule has 2 amide bonds. The number of halogens is 2. The summed E-state index contributed by atoms with van der Waals surface area (Å²) in [7, 11) is 0. The van der Waals surface area contributed by atoms with Crippen molar-refractivity contribution in [3.05, 3.63) is 143 Å². The molecule has 6 aromatic rings. The zero-order chi connectivity index (χ0) is 35.9. The summed E-state index contributed by atoms with van der Waals surface area (Å²) in [6.07, 6.45) is 4.53. The van der Waals surface area contributed by atoms with E-state index >= 15 is 0 Å². The minimum atomic E-state index is -0.290. The normalized spacial score (nSPS) is 12.1. The van der Waals surface area contributed by atoms with Crippen LogP contribution >= 0.6 is 34.9 Å². The van der Waals surface area contributed by atoms with E-state index in [1.807, 2.05) is 66.5 Å². The number of anilines is 4. The van der Waals surface area contributed by atoms with E-state index in [0.29, 0.717) is 33.9 Å². The van der Waals surface area contributed by atoms with E-state index in [1.54, 1.807) is 66.4 Å². The Morgan fingerprint density at radius 1 is 0.647 bits per heavy atom. The molecule has 258 valence electrons. The van der Waals surface area contributed by atoms with Crippen LogP contribution in [0.25, 0.3) is 21.6 Å². The van der Waals surface area contributed by atoms with E-state index in [-0.39, 0.29) is 22.8 Å². The average molecular weight is 737 g/mol. The molecule has 5 aromatic carbocycles. The third-order valence-corrected chi connectivity index (χ3v) is 10.9. The Bertz CT molecular complexity index is 2150. The second-order valence-corrected chi connectivity index (χ2v) is 15.0. The second kappa shape index (κ2) is 16.3. The van der Waals surface area contributed by atoms with Crippen molar-refractivity contribution in [1.29, 1.82) is 0 Å². The number of nitrogen functional groups attached to an aromatic ring is 2. The van der Waals surface area contributed by atoms with Gasteiger partial charge in [-0.1, -0.05) is 24.3 Å². The molecular weight excluding hydrogens is 703 g/mol. The topological polar surface area (TPSA) is 110 Å². The lowest BCUT2D eigenvalue weighted by Gasteiger charge is -2.11. The number of hydrogen-bond acceptors (Lipinski definition) is 7. The Morgan fingerprint density at radius 3 is 1.67 bits per heavy atom. The Hall–Kier alpha value is -5.10. The molecule has 1 aliphatic carbocycles. The Morgan fingerprint density at radius 2 is 1.16 bits per heavy atom. The lowest BCUT2D eigenvalue weighted by atomic mass is 10.0. The Kier molecular flexibility index (Phi) is 11.4. The summed E-state index contributed by atoms with van der Waals surface area (Å²) in [5.41, 5.74) is 17.6. The largest absolute Gasteiger partial charge is 0.397 e. The van der Waals surface area contributed by atoms with Crippen molar-refractivity contribution in [2.45, 2.75) is 27.9 Å². The quantitative estimate of drug-likeness (QED) is 0.0869. The van der Waals surface area contributed by atoms with Gasteiger partial charge in [0.25, 0.3) is 11.8 Å². The maximum atomic E-state index is 13.3. The molecular formula is C40H34F2N4O2S3. The summed E-state index contributed by atoms with van der Waals surface area (Å²) >= 11 is 4.53. The van der Waals surface area contributed by atoms with E-state index in [2.05, 4.69) is 10.6 Å². The Balaban J connectivity index is 0.000000176. The first-order valence-electron chi connectivity index (χ1n) is 16.0. The minimum absolute atomic E-state index is 0.214. The van der Waals surface area contributed by atoms with Crippen molar-refractivity contribution in [3.8, 4) is 21.6 Å². The van der Waals surface area contributed by atoms with Crippen molar-refractivity contribution in [1.82, 2.24) is 0 Å². The monoisotopic (exact) mass is 736 g/mol. The fourth-order valence-corrected chi connectivity index (χ4v) is 7.15. The molecule has 0 aliphatic heterocycles. The highest BCUT2D eigenvalue weighted by Crippen LogP contribution is 2.39. The maximum Gasteiger partial charge on any atom is 0.255 e. The number of rotatable bonds is 9. The fraction of sp³-hybridized carbons (Fsp3) is 0.100. The molecule has 1 heterocycles. The maximum absolute atomic E-state index is 13.3. The van der Waals surface area contributed by atoms with Gasteiger partial charge in [0.05, 0.1) is 22.7 Å². The van der Waals surface area contributed by atoms with Gasteiger partial charge in [0.1, 0.15) is 5.82 Å². The lowest BCUT2D eigenvalue weighted by molar-refractivity contribution is 0.101. The summed E-state index contributed by atoms with van der Waals surface area (Å²) in [4.78, 5) is 28.0. The van der Waals surface area contributed by atoms with Crippen LogP contribution in [0.15, 0.2) is 131 Å². The summed E-state index contributed by atoms with van der Waals surface area (Å²) in [5, 5.41) is 6.19. The first kappa shape index (κ1) is 35.7. The van der Waals surface area contributed by atoms with Crippen LogP contribution in [-0.2, 0) is 0 Å². The third kappa shape index (κ3) is 9.57. The van der Waals surface area contributed by atoms with Gasteiger partial charge in [0.15, 0.2) is 5.13 Å². The summed E-state index contributed by atoms with van der Waals surface area (Å²) in [6.45, 7) is 0. The van der Waals surface area contributed by atoms with Crippen LogP contribution in [-0.4, -0.2) is 23.3 Å². The van der Waals surface area contributed by atoms with Gasteiger partial charge in [0, 0.05) is 31.0 Å². The third-order valence-electron chi connectivity index (χ3n) is 7.93. The first-order valence-corrected chi connectivity index (χ1v) is 18.9. The lowest BCUT2D eigenvalue weighted by Crippen LogP contribution is -2.13. The minimum Gasteiger partial charge on any atom is -0.397 e. The predicted molar refractivity (Wildman–Crippen MR) is 210 cm³/mol. The number of hydrogen-bond donors (Lipinski definition) is 4. The first-order chi connectivity index (χ1) is 24.6. The molecule has 0 saturated heterocycles. The number of thiophene rings is 1. The van der Waals surface area contributed by atoms with Gasteiger partial charge < -0.3 is 22.1 Å². The number of carbonyl (C=O) groups excluding carboxylic acids is 2. The van der Waals surface area contributed by atoms with E-state index < -0.39 is 0 Å². The summed E-state index contributed by atoms with van der Waals surface area (Å²) in [6, 6.07) is 35.0. The van der Waals surface area contributed by atoms with Crippen LogP contribution in [0.5, 0.6) is 0 Å². The van der Waals surface area contributed by atoms with E-state index in [1.165, 1.54) is 35.9 Å². The van der Waals surface area contributed by atoms with E-state index in [9.17, 15) is 18.4 Å². The molecule has 1 saturated carbocycles. The van der Waals surface area contributed by atoms with Gasteiger partial charge in [-0.05, 0) is 133 Å². The molecule has 6 N–H and O–H groups in total. The molecule has 1 aliphatic rings. The zero-order valence-electron chi connectivity index (χ0n) is 27.5. The molecule has 6 nitrogen and oxygen atoms in total. The van der Waals surface area contributed by atoms with Crippen LogP contribution in [0.4, 0.5) is 31.5 Å². The molecule has 51 heavy (non-hydrogen) atoms. The number of carbonyl (C=O) groups is 2. The van der Waals surface area contributed by atoms with Crippen LogP contribution in [0.1, 0.15) is 33.6 Å². The second-order valence-electron chi connectivity index (χ2n) is 11.7. The standard InChI is InChI=1S/C20H17FN2OS2.C20H17FN2OS/c21-19-10-9-18(26-19)13-3-8-16(22)17(11-13)23-20(24)12-1-4-14(5-2-12)25-15-6-7-15;1-25-17-9-4-14(5-10-17)20(24)23-19-12-15(6-11-18(19)22)13-2-7-16(21)8-3-13/h1-5,8-11,15H,6-7,22H2,(H,23,24);2-12H,22H2,1H3,(H,23,24). The molecule has 1 fully saturated rings. The van der Waals surface area contributed by atoms with Crippen LogP contribution in [0, 0.1) is 10.9 Å². The van der Waals surface area contributed by atoms with Gasteiger partial charge in [0.2, 0.25) is 0 Å². The Labute approximate surface area is 307 Å². The van der Waals surface area contributed by atoms with Gasteiger partial charge in [-0.3, -0.25) is 9.59 Å². The van der Waals surface area contributed by atoms with Crippen LogP contribution in [0.3, 0.4) is 0 Å². The SMILES string of the molecule is CSc1ccc(C(=O)Nc2cc(-c3ccc(F)cc3)ccc2N)cc1.Nc1ccc(-c2ccc(F)s2)cc1NC(=O)c1ccc(SC2CC2)cc1. The zero-order valence-corrected chi connectivity index (χ0v) is 29.9. The summed E-state index contributed by atoms with van der Waals surface area (Å²) < 4.78 is 26.3. The van der Waals surface area contributed by atoms with Crippen molar-refractivity contribution < 1.29 is 18.4 Å². The smallest absolute Gasteiger partial charge is 0.255 e. The molecule has 7 rings (SSSR count). The van der Waals surface area contributed by atoms with Crippen molar-refractivity contribution in [2.75, 3.05) is 28.4 Å². The van der Waals surface area contributed by atoms with Crippen molar-refractivity contribution >= 4 is 69.4 Å². The van der Waals surface area contributed by atoms with Crippen molar-refractivity contribution in [2.24, 2.45) is 0 Å². The number of benzene rings is 5. The van der Waals surface area contributed by atoms with Gasteiger partial charge in [-0.15, -0.1) is 34.9 Å². The summed E-state index contributed by atoms with van der Waals surface area (Å²) in [5.74, 6) is -0.730. The number of nitrogens with two attached hydrogens (primary N) is 2. The highest BCUT2D eigenvalue weighted by molar-refractivity contribution is 8.00. The number of nitrogens with one attached hydrogen (secondary N) is 2. The highest BCUT2D eigenvalue weighted by Gasteiger charge is 2.22. The number of amides is 2. The van der Waals surface area contributed by atoms with Gasteiger partial charge >= 0.3 is 0 Å². The van der Waals surface area contributed by atoms with Gasteiger partial charge in [-0.2, -0.15) is 4.39 Å². The van der Waals surface area contributed by atoms with Crippen molar-refractivity contribution in [3.63, 3.8) is 0 Å². The van der Waals surface area contributed by atoms with E-state index in [0.717, 1.165) is 43.0 Å². The highest BCUT2D eigenvalue weighted by atomic mass is 32.2. The molecule has 1 aromatic heterocycles. The number of thioether (sulfide) groups is 2. The van der Waals surface area contributed by atoms with Gasteiger partial charge in [-0.25, -0.2) is 4.39 Å². The van der Waals surface area contributed by atoms with Crippen LogP contribution < -0.4 is 22.1 Å². The molecule has 0 spiro atoms. The van der Waals surface area contributed by atoms with Crippen LogP contribution in [0.2, 0.25) is 0 Å². The average Bonchev–Trinajstić information content (AvgIpc) is 3.86. The predicted octanol–water partition coefficient (Wildman–Crippen LogP) is 10.7. The molecule has 0 atom stereocenters. The molecule has 0 unspecified atom stereocenters. The fourth-order valence-electron chi connectivity index (χ4n) is 4.97. The molecule has 11 heteroatoms. The molecule has 0 radical (unpaired) electrons. The molecule has 0 bridgehead atoms. The van der Waals surface area contributed by atoms with E-state index in [4.69, 9.17) is 11.5 Å².